The van der Waals surface area contributed by atoms with Crippen molar-refractivity contribution >= 4 is 0 Å². The molecule has 0 N–H and O–H groups in total. The largest absolute Gasteiger partial charge is 0.379 e. The monoisotopic (exact) mass is 741 g/mol. The third-order valence-corrected chi connectivity index (χ3v) is 6.97. The summed E-state index contributed by atoms with van der Waals surface area (Å²) >= 11 is 0. The summed E-state index contributed by atoms with van der Waals surface area (Å²) in [7, 11) is 0. The SMILES string of the molecule is CCC(C)C.CCC(C)OCC(C)OCC(C)OCC(C)OCC(C)C.CCCC.CCCCC.CCCOCCOCCOCCOCCC. The second-order valence-corrected chi connectivity index (χ2v) is 14.0. The molecule has 0 amide bonds. The fourth-order valence-corrected chi connectivity index (χ4v) is 2.92. The molecule has 0 bridgehead atoms. The van der Waals surface area contributed by atoms with E-state index < -0.39 is 0 Å². The minimum Gasteiger partial charge on any atom is -0.379 e. The van der Waals surface area contributed by atoms with Gasteiger partial charge in [0.1, 0.15) is 0 Å². The zero-order chi connectivity index (χ0) is 40.0. The van der Waals surface area contributed by atoms with Gasteiger partial charge in [0.05, 0.1) is 83.9 Å². The van der Waals surface area contributed by atoms with Crippen molar-refractivity contribution in [3.8, 4) is 0 Å². The lowest BCUT2D eigenvalue weighted by atomic mass is 10.2. The summed E-state index contributed by atoms with van der Waals surface area (Å²) in [4.78, 5) is 0. The van der Waals surface area contributed by atoms with Gasteiger partial charge in [-0.15, -0.1) is 0 Å². The Hall–Kier alpha value is -0.320. The summed E-state index contributed by atoms with van der Waals surface area (Å²) in [5, 5.41) is 0. The van der Waals surface area contributed by atoms with E-state index in [1.54, 1.807) is 0 Å². The highest BCUT2D eigenvalue weighted by Crippen LogP contribution is 2.04. The first kappa shape index (κ1) is 59.9. The highest BCUT2D eigenvalue weighted by Gasteiger charge is 2.11. The van der Waals surface area contributed by atoms with Crippen LogP contribution in [0.4, 0.5) is 0 Å². The lowest BCUT2D eigenvalue weighted by molar-refractivity contribution is -0.0874. The van der Waals surface area contributed by atoms with Gasteiger partial charge in [0.15, 0.2) is 0 Å². The summed E-state index contributed by atoms with van der Waals surface area (Å²) < 4.78 is 44.0. The van der Waals surface area contributed by atoms with Gasteiger partial charge in [-0.3, -0.25) is 0 Å². The highest BCUT2D eigenvalue weighted by molar-refractivity contribution is 4.56. The predicted molar refractivity (Wildman–Crippen MR) is 222 cm³/mol. The summed E-state index contributed by atoms with van der Waals surface area (Å²) in [6.07, 6.45) is 11.8. The molecule has 0 rings (SSSR count). The smallest absolute Gasteiger partial charge is 0.0781 e. The van der Waals surface area contributed by atoms with Gasteiger partial charge in [0, 0.05) is 19.8 Å². The zero-order valence-corrected chi connectivity index (χ0v) is 37.6. The normalized spacial score (nSPS) is 13.1. The zero-order valence-electron chi connectivity index (χ0n) is 37.6. The first-order valence-corrected chi connectivity index (χ1v) is 21.1. The van der Waals surface area contributed by atoms with Crippen LogP contribution in [0.2, 0.25) is 0 Å². The quantitative estimate of drug-likeness (QED) is 0.0674. The molecule has 0 aromatic rings. The van der Waals surface area contributed by atoms with E-state index in [4.69, 9.17) is 37.9 Å². The van der Waals surface area contributed by atoms with Crippen molar-refractivity contribution in [3.63, 3.8) is 0 Å². The maximum atomic E-state index is 5.74. The molecule has 0 aliphatic carbocycles. The Morgan fingerprint density at radius 1 is 0.294 bits per heavy atom. The fraction of sp³-hybridized carbons (Fsp3) is 1.00. The van der Waals surface area contributed by atoms with E-state index in [0.29, 0.717) is 71.5 Å². The van der Waals surface area contributed by atoms with Gasteiger partial charge in [-0.2, -0.15) is 0 Å². The lowest BCUT2D eigenvalue weighted by Crippen LogP contribution is -2.27. The Morgan fingerprint density at radius 3 is 0.804 bits per heavy atom. The number of unbranched alkanes of at least 4 members (excludes halogenated alkanes) is 3. The van der Waals surface area contributed by atoms with Gasteiger partial charge in [-0.25, -0.2) is 0 Å². The van der Waals surface area contributed by atoms with Crippen molar-refractivity contribution in [2.24, 2.45) is 11.8 Å². The van der Waals surface area contributed by atoms with Crippen molar-refractivity contribution in [1.29, 1.82) is 0 Å². The minimum atomic E-state index is 0.0705. The maximum absolute atomic E-state index is 5.74. The molecule has 0 saturated heterocycles. The number of rotatable bonds is 30. The molecule has 51 heavy (non-hydrogen) atoms. The first-order chi connectivity index (χ1) is 24.4. The van der Waals surface area contributed by atoms with Gasteiger partial charge in [0.2, 0.25) is 0 Å². The molecule has 0 aliphatic heterocycles. The standard InChI is InChI=1S/C17H36O4.C12H26O4.2C5H12.C4H10/c1-8-14(4)19-10-16(6)21-12-17(7)20-11-15(5)18-9-13(2)3;1-3-5-13-7-9-15-11-12-16-10-8-14-6-4-2;1-4-5(2)3;1-3-5-4-2;1-3-4-2/h13-17H,8-12H2,1-7H3;3-12H2,1-2H3;5H,4H2,1-3H3;3-5H2,1-2H3;3-4H2,1-2H3. The molecule has 0 spiro atoms. The fourth-order valence-electron chi connectivity index (χ4n) is 2.92. The van der Waals surface area contributed by atoms with E-state index in [2.05, 4.69) is 90.0 Å². The molecule has 0 saturated carbocycles. The van der Waals surface area contributed by atoms with Crippen molar-refractivity contribution in [2.75, 3.05) is 79.3 Å². The molecule has 0 heterocycles. The van der Waals surface area contributed by atoms with Crippen LogP contribution in [-0.4, -0.2) is 104 Å². The van der Waals surface area contributed by atoms with Crippen LogP contribution in [0.5, 0.6) is 0 Å². The average Bonchev–Trinajstić information content (AvgIpc) is 3.12. The molecule has 316 valence electrons. The summed E-state index contributed by atoms with van der Waals surface area (Å²) in [6.45, 7) is 42.3. The van der Waals surface area contributed by atoms with Crippen LogP contribution in [0.15, 0.2) is 0 Å². The van der Waals surface area contributed by atoms with E-state index in [9.17, 15) is 0 Å². The van der Waals surface area contributed by atoms with Crippen LogP contribution in [0.25, 0.3) is 0 Å². The molecule has 0 aromatic carbocycles. The molecule has 8 heteroatoms. The van der Waals surface area contributed by atoms with E-state index in [-0.39, 0.29) is 18.3 Å². The van der Waals surface area contributed by atoms with Crippen molar-refractivity contribution in [2.45, 2.75) is 193 Å². The van der Waals surface area contributed by atoms with Crippen LogP contribution in [0.1, 0.15) is 169 Å². The second-order valence-electron chi connectivity index (χ2n) is 14.0. The van der Waals surface area contributed by atoms with Crippen molar-refractivity contribution < 1.29 is 37.9 Å². The van der Waals surface area contributed by atoms with Crippen LogP contribution >= 0.6 is 0 Å². The first-order valence-electron chi connectivity index (χ1n) is 21.1. The number of ether oxygens (including phenoxy) is 8. The van der Waals surface area contributed by atoms with Gasteiger partial charge in [-0.1, -0.05) is 122 Å². The van der Waals surface area contributed by atoms with Crippen molar-refractivity contribution in [3.05, 3.63) is 0 Å². The highest BCUT2D eigenvalue weighted by atomic mass is 16.6. The molecular weight excluding hydrogens is 644 g/mol. The molecule has 4 atom stereocenters. The Bertz CT molecular complexity index is 532. The minimum absolute atomic E-state index is 0.0705. The molecule has 4 unspecified atom stereocenters. The average molecular weight is 741 g/mol. The number of hydrogen-bond acceptors (Lipinski definition) is 8. The predicted octanol–water partition coefficient (Wildman–Crippen LogP) is 11.6. The van der Waals surface area contributed by atoms with Crippen molar-refractivity contribution in [1.82, 2.24) is 0 Å². The Morgan fingerprint density at radius 2 is 0.588 bits per heavy atom. The second kappa shape index (κ2) is 54.0. The van der Waals surface area contributed by atoms with Crippen LogP contribution in [0, 0.1) is 11.8 Å². The topological polar surface area (TPSA) is 73.8 Å². The molecule has 0 aromatic heterocycles. The Balaban J connectivity index is -0.000000204. The van der Waals surface area contributed by atoms with Gasteiger partial charge >= 0.3 is 0 Å². The molecule has 8 nitrogen and oxygen atoms in total. The van der Waals surface area contributed by atoms with E-state index in [1.165, 1.54) is 38.5 Å². The van der Waals surface area contributed by atoms with Gasteiger partial charge in [-0.05, 0) is 58.8 Å². The third-order valence-electron chi connectivity index (χ3n) is 6.97. The Kier molecular flexibility index (Phi) is 63.5. The molecular formula is C43H96O8. The van der Waals surface area contributed by atoms with E-state index in [1.807, 2.05) is 20.8 Å². The van der Waals surface area contributed by atoms with Gasteiger partial charge < -0.3 is 37.9 Å². The summed E-state index contributed by atoms with van der Waals surface area (Å²) in [6, 6.07) is 0. The summed E-state index contributed by atoms with van der Waals surface area (Å²) in [5.41, 5.74) is 0. The lowest BCUT2D eigenvalue weighted by Gasteiger charge is -2.21. The molecule has 0 aliphatic rings. The molecule has 0 radical (unpaired) electrons. The van der Waals surface area contributed by atoms with E-state index in [0.717, 1.165) is 45.0 Å². The van der Waals surface area contributed by atoms with E-state index >= 15 is 0 Å². The maximum Gasteiger partial charge on any atom is 0.0781 e. The van der Waals surface area contributed by atoms with Crippen LogP contribution < -0.4 is 0 Å². The van der Waals surface area contributed by atoms with Gasteiger partial charge in [0.25, 0.3) is 0 Å². The van der Waals surface area contributed by atoms with Crippen LogP contribution in [-0.2, 0) is 37.9 Å². The van der Waals surface area contributed by atoms with Crippen LogP contribution in [0.3, 0.4) is 0 Å². The number of hydrogen-bond donors (Lipinski definition) is 0. The Labute approximate surface area is 321 Å². The molecule has 0 fully saturated rings. The summed E-state index contributed by atoms with van der Waals surface area (Å²) in [5.74, 6) is 1.44. The third kappa shape index (κ3) is 71.7.